The number of Topliss-reactive ketones (excluding diaryl/α,β-unsaturated/α-hetero) is 1. The summed E-state index contributed by atoms with van der Waals surface area (Å²) in [6, 6.07) is 0. The number of ketones is 1. The maximum absolute atomic E-state index is 12.3. The van der Waals surface area contributed by atoms with Gasteiger partial charge < -0.3 is 4.74 Å². The number of allylic oxidation sites excluding steroid dienone is 1. The molecule has 0 spiro atoms. The van der Waals surface area contributed by atoms with Gasteiger partial charge in [0.1, 0.15) is 0 Å². The zero-order valence-electron chi connectivity index (χ0n) is 13.3. The van der Waals surface area contributed by atoms with Gasteiger partial charge in [-0.1, -0.05) is 27.2 Å². The van der Waals surface area contributed by atoms with Crippen LogP contribution < -0.4 is 0 Å². The highest BCUT2D eigenvalue weighted by molar-refractivity contribution is 5.98. The molecule has 2 aliphatic rings. The van der Waals surface area contributed by atoms with Gasteiger partial charge in [-0.2, -0.15) is 0 Å². The van der Waals surface area contributed by atoms with Crippen molar-refractivity contribution in [3.8, 4) is 0 Å². The van der Waals surface area contributed by atoms with Crippen LogP contribution in [0.15, 0.2) is 11.1 Å². The number of rotatable bonds is 2. The van der Waals surface area contributed by atoms with Gasteiger partial charge in [-0.05, 0) is 47.7 Å². The monoisotopic (exact) mass is 278 g/mol. The third-order valence-electron chi connectivity index (χ3n) is 5.73. The van der Waals surface area contributed by atoms with Gasteiger partial charge in [-0.25, -0.2) is 0 Å². The largest absolute Gasteiger partial charge is 0.469 e. The molecule has 3 nitrogen and oxygen atoms in total. The van der Waals surface area contributed by atoms with E-state index in [4.69, 9.17) is 4.74 Å². The molecule has 0 aromatic heterocycles. The van der Waals surface area contributed by atoms with Crippen molar-refractivity contribution in [2.75, 3.05) is 7.11 Å². The summed E-state index contributed by atoms with van der Waals surface area (Å²) in [4.78, 5) is 24.1. The molecule has 0 N–H and O–H groups in total. The Labute approximate surface area is 121 Å². The third kappa shape index (κ3) is 2.32. The quantitative estimate of drug-likeness (QED) is 0.724. The first-order valence-electron chi connectivity index (χ1n) is 7.52. The van der Waals surface area contributed by atoms with Gasteiger partial charge in [0, 0.05) is 6.42 Å². The van der Waals surface area contributed by atoms with Crippen LogP contribution in [0.3, 0.4) is 0 Å². The second-order valence-corrected chi connectivity index (χ2v) is 7.30. The topological polar surface area (TPSA) is 43.4 Å². The zero-order valence-corrected chi connectivity index (χ0v) is 13.3. The average Bonchev–Trinajstić information content (AvgIpc) is 2.37. The fourth-order valence-electron chi connectivity index (χ4n) is 4.47. The number of carbonyl (C=O) groups excluding carboxylic acids is 2. The van der Waals surface area contributed by atoms with Crippen LogP contribution in [0.4, 0.5) is 0 Å². The summed E-state index contributed by atoms with van der Waals surface area (Å²) in [5.41, 5.74) is 1.95. The molecule has 0 saturated heterocycles. The summed E-state index contributed by atoms with van der Waals surface area (Å²) in [7, 11) is 1.41. The smallest absolute Gasteiger partial charge is 0.309 e. The van der Waals surface area contributed by atoms with E-state index in [1.165, 1.54) is 7.11 Å². The van der Waals surface area contributed by atoms with Crippen LogP contribution in [0, 0.1) is 16.7 Å². The van der Waals surface area contributed by atoms with Gasteiger partial charge >= 0.3 is 5.97 Å². The van der Waals surface area contributed by atoms with Crippen LogP contribution >= 0.6 is 0 Å². The molecule has 2 atom stereocenters. The van der Waals surface area contributed by atoms with Crippen molar-refractivity contribution in [2.45, 2.75) is 59.8 Å². The van der Waals surface area contributed by atoms with Crippen LogP contribution in [-0.4, -0.2) is 18.9 Å². The van der Waals surface area contributed by atoms with E-state index in [0.717, 1.165) is 30.4 Å². The number of hydrogen-bond acceptors (Lipinski definition) is 3. The Bertz CT molecular complexity index is 473. The Morgan fingerprint density at radius 3 is 2.55 bits per heavy atom. The molecule has 0 bridgehead atoms. The van der Waals surface area contributed by atoms with E-state index < -0.39 is 0 Å². The van der Waals surface area contributed by atoms with E-state index in [9.17, 15) is 9.59 Å². The summed E-state index contributed by atoms with van der Waals surface area (Å²) in [5.74, 6) is 0.304. The normalized spacial score (nSPS) is 32.9. The van der Waals surface area contributed by atoms with Gasteiger partial charge in [0.15, 0.2) is 5.78 Å². The number of ether oxygens (including phenoxy) is 1. The van der Waals surface area contributed by atoms with Gasteiger partial charge in [-0.3, -0.25) is 9.59 Å². The van der Waals surface area contributed by atoms with Crippen LogP contribution in [0.2, 0.25) is 0 Å². The Morgan fingerprint density at radius 2 is 1.95 bits per heavy atom. The summed E-state index contributed by atoms with van der Waals surface area (Å²) >= 11 is 0. The highest BCUT2D eigenvalue weighted by atomic mass is 16.5. The number of esters is 1. The maximum atomic E-state index is 12.3. The molecule has 0 heterocycles. The Kier molecular flexibility index (Phi) is 3.83. The standard InChI is InChI=1S/C17H26O3/c1-11-12(9-15(19)20-5)17(4)8-6-7-16(2,3)14(17)10-13(11)18/h14H,6-10H2,1-5H3/t14-,17+/m1/s1. The first-order valence-corrected chi connectivity index (χ1v) is 7.52. The lowest BCUT2D eigenvalue weighted by Crippen LogP contribution is -2.47. The molecular weight excluding hydrogens is 252 g/mol. The molecule has 0 radical (unpaired) electrons. The summed E-state index contributed by atoms with van der Waals surface area (Å²) < 4.78 is 4.83. The van der Waals surface area contributed by atoms with Crippen LogP contribution in [0.25, 0.3) is 0 Å². The van der Waals surface area contributed by atoms with E-state index >= 15 is 0 Å². The van der Waals surface area contributed by atoms with Crippen molar-refractivity contribution in [1.29, 1.82) is 0 Å². The van der Waals surface area contributed by atoms with Crippen molar-refractivity contribution in [1.82, 2.24) is 0 Å². The van der Waals surface area contributed by atoms with E-state index in [0.29, 0.717) is 12.3 Å². The molecular formula is C17H26O3. The second kappa shape index (κ2) is 5.01. The van der Waals surface area contributed by atoms with Gasteiger partial charge in [-0.15, -0.1) is 0 Å². The SMILES string of the molecule is COC(=O)CC1=C(C)C(=O)C[C@@H]2C(C)(C)CCC[C@@]12C. The lowest BCUT2D eigenvalue weighted by molar-refractivity contribution is -0.140. The van der Waals surface area contributed by atoms with Gasteiger partial charge in [0.2, 0.25) is 0 Å². The highest BCUT2D eigenvalue weighted by Gasteiger charge is 2.52. The van der Waals surface area contributed by atoms with Crippen molar-refractivity contribution < 1.29 is 14.3 Å². The predicted octanol–water partition coefficient (Wildman–Crippen LogP) is 3.67. The van der Waals surface area contributed by atoms with Crippen molar-refractivity contribution in [2.24, 2.45) is 16.7 Å². The van der Waals surface area contributed by atoms with Crippen molar-refractivity contribution in [3.05, 3.63) is 11.1 Å². The first-order chi connectivity index (χ1) is 9.22. The molecule has 0 amide bonds. The van der Waals surface area contributed by atoms with Crippen molar-refractivity contribution >= 4 is 11.8 Å². The lowest BCUT2D eigenvalue weighted by atomic mass is 9.50. The molecule has 0 aliphatic heterocycles. The minimum Gasteiger partial charge on any atom is -0.469 e. The molecule has 0 unspecified atom stereocenters. The number of fused-ring (bicyclic) bond motifs is 1. The Morgan fingerprint density at radius 1 is 1.30 bits per heavy atom. The molecule has 112 valence electrons. The number of methoxy groups -OCH3 is 1. The van der Waals surface area contributed by atoms with Crippen molar-refractivity contribution in [3.63, 3.8) is 0 Å². The predicted molar refractivity (Wildman–Crippen MR) is 78.2 cm³/mol. The van der Waals surface area contributed by atoms with E-state index in [-0.39, 0.29) is 29.0 Å². The number of hydrogen-bond donors (Lipinski definition) is 0. The van der Waals surface area contributed by atoms with Gasteiger partial charge in [0.05, 0.1) is 13.5 Å². The van der Waals surface area contributed by atoms with E-state index in [2.05, 4.69) is 20.8 Å². The highest BCUT2D eigenvalue weighted by Crippen LogP contribution is 2.59. The Hall–Kier alpha value is -1.12. The molecule has 0 aromatic rings. The van der Waals surface area contributed by atoms with E-state index in [1.807, 2.05) is 6.92 Å². The fourth-order valence-corrected chi connectivity index (χ4v) is 4.47. The van der Waals surface area contributed by atoms with E-state index in [1.54, 1.807) is 0 Å². The van der Waals surface area contributed by atoms with Crippen LogP contribution in [-0.2, 0) is 14.3 Å². The minimum atomic E-state index is -0.239. The molecule has 20 heavy (non-hydrogen) atoms. The summed E-state index contributed by atoms with van der Waals surface area (Å²) in [5, 5.41) is 0. The minimum absolute atomic E-state index is 0.0338. The summed E-state index contributed by atoms with van der Waals surface area (Å²) in [6.07, 6.45) is 4.27. The molecule has 2 rings (SSSR count). The summed E-state index contributed by atoms with van der Waals surface area (Å²) in [6.45, 7) is 8.65. The molecule has 1 saturated carbocycles. The van der Waals surface area contributed by atoms with Gasteiger partial charge in [0.25, 0.3) is 0 Å². The Balaban J connectivity index is 2.47. The molecule has 3 heteroatoms. The lowest BCUT2D eigenvalue weighted by Gasteiger charge is -2.54. The second-order valence-electron chi connectivity index (χ2n) is 7.30. The maximum Gasteiger partial charge on any atom is 0.309 e. The number of carbonyl (C=O) groups is 2. The van der Waals surface area contributed by atoms with Crippen LogP contribution in [0.1, 0.15) is 59.8 Å². The molecule has 1 fully saturated rings. The molecule has 0 aromatic carbocycles. The average molecular weight is 278 g/mol. The first kappa shape index (κ1) is 15.3. The zero-order chi connectivity index (χ0) is 15.1. The van der Waals surface area contributed by atoms with Crippen LogP contribution in [0.5, 0.6) is 0 Å². The fraction of sp³-hybridized carbons (Fsp3) is 0.765. The third-order valence-corrected chi connectivity index (χ3v) is 5.73. The molecule has 2 aliphatic carbocycles.